The molecule has 2 heterocycles. The molecule has 0 saturated carbocycles. The second kappa shape index (κ2) is 4.94. The van der Waals surface area contributed by atoms with E-state index in [1.165, 1.54) is 12.3 Å². The SMILES string of the molecule is N#Cc1ccccc1-c1cnn(-c2ccnc(F)c2)c1. The highest BCUT2D eigenvalue weighted by Crippen LogP contribution is 2.23. The highest BCUT2D eigenvalue weighted by atomic mass is 19.1. The summed E-state index contributed by atoms with van der Waals surface area (Å²) in [7, 11) is 0. The summed E-state index contributed by atoms with van der Waals surface area (Å²) in [5, 5.41) is 13.3. The molecule has 0 saturated heterocycles. The van der Waals surface area contributed by atoms with Gasteiger partial charge in [0.1, 0.15) is 0 Å². The van der Waals surface area contributed by atoms with E-state index in [1.807, 2.05) is 18.2 Å². The van der Waals surface area contributed by atoms with Crippen molar-refractivity contribution in [3.8, 4) is 22.9 Å². The third kappa shape index (κ3) is 2.15. The summed E-state index contributed by atoms with van der Waals surface area (Å²) >= 11 is 0. The molecule has 0 unspecified atom stereocenters. The molecule has 0 fully saturated rings. The molecule has 0 aliphatic carbocycles. The summed E-state index contributed by atoms with van der Waals surface area (Å²) in [6, 6.07) is 12.4. The lowest BCUT2D eigenvalue weighted by atomic mass is 10.0. The van der Waals surface area contributed by atoms with E-state index in [4.69, 9.17) is 5.26 Å². The number of hydrogen-bond acceptors (Lipinski definition) is 3. The maximum absolute atomic E-state index is 13.1. The molecule has 0 amide bonds. The minimum absolute atomic E-state index is 0.558. The smallest absolute Gasteiger partial charge is 0.214 e. The highest BCUT2D eigenvalue weighted by Gasteiger charge is 2.08. The van der Waals surface area contributed by atoms with E-state index in [0.29, 0.717) is 11.3 Å². The lowest BCUT2D eigenvalue weighted by Gasteiger charge is -2.01. The number of hydrogen-bond donors (Lipinski definition) is 0. The van der Waals surface area contributed by atoms with Crippen molar-refractivity contribution in [1.82, 2.24) is 14.8 Å². The fourth-order valence-electron chi connectivity index (χ4n) is 1.97. The van der Waals surface area contributed by atoms with Gasteiger partial charge in [0.05, 0.1) is 23.5 Å². The minimum atomic E-state index is -0.558. The molecule has 0 N–H and O–H groups in total. The first-order chi connectivity index (χ1) is 9.78. The molecule has 3 rings (SSSR count). The Hall–Kier alpha value is -3.00. The van der Waals surface area contributed by atoms with Crippen LogP contribution in [0.5, 0.6) is 0 Å². The zero-order chi connectivity index (χ0) is 13.9. The Bertz CT molecular complexity index is 801. The lowest BCUT2D eigenvalue weighted by Crippen LogP contribution is -1.95. The summed E-state index contributed by atoms with van der Waals surface area (Å²) in [5.74, 6) is -0.558. The van der Waals surface area contributed by atoms with Crippen molar-refractivity contribution in [2.75, 3.05) is 0 Å². The van der Waals surface area contributed by atoms with Crippen LogP contribution in [0.15, 0.2) is 55.0 Å². The first-order valence-electron chi connectivity index (χ1n) is 5.94. The fourth-order valence-corrected chi connectivity index (χ4v) is 1.97. The molecule has 1 aromatic carbocycles. The third-order valence-corrected chi connectivity index (χ3v) is 2.92. The number of rotatable bonds is 2. The fraction of sp³-hybridized carbons (Fsp3) is 0. The Labute approximate surface area is 114 Å². The van der Waals surface area contributed by atoms with E-state index in [2.05, 4.69) is 16.2 Å². The number of pyridine rings is 1. The molecule has 3 aromatic rings. The molecule has 0 aliphatic heterocycles. The van der Waals surface area contributed by atoms with Gasteiger partial charge in [-0.25, -0.2) is 9.67 Å². The van der Waals surface area contributed by atoms with E-state index < -0.39 is 5.95 Å². The first kappa shape index (κ1) is 12.1. The topological polar surface area (TPSA) is 54.5 Å². The monoisotopic (exact) mass is 264 g/mol. The first-order valence-corrected chi connectivity index (χ1v) is 5.94. The van der Waals surface area contributed by atoms with Crippen molar-refractivity contribution < 1.29 is 4.39 Å². The zero-order valence-electron chi connectivity index (χ0n) is 10.4. The molecule has 0 atom stereocenters. The molecule has 4 nitrogen and oxygen atoms in total. The van der Waals surface area contributed by atoms with Crippen molar-refractivity contribution in [3.05, 3.63) is 66.5 Å². The second-order valence-corrected chi connectivity index (χ2v) is 4.17. The van der Waals surface area contributed by atoms with E-state index in [9.17, 15) is 4.39 Å². The van der Waals surface area contributed by atoms with Gasteiger partial charge in [0, 0.05) is 29.6 Å². The predicted octanol–water partition coefficient (Wildman–Crippen LogP) is 2.95. The molecule has 96 valence electrons. The Kier molecular flexibility index (Phi) is 2.98. The van der Waals surface area contributed by atoms with E-state index in [-0.39, 0.29) is 0 Å². The van der Waals surface area contributed by atoms with Gasteiger partial charge in [0.25, 0.3) is 0 Å². The van der Waals surface area contributed by atoms with Gasteiger partial charge in [0.15, 0.2) is 0 Å². The Morgan fingerprint density at radius 1 is 1.20 bits per heavy atom. The summed E-state index contributed by atoms with van der Waals surface area (Å²) in [6.45, 7) is 0. The normalized spacial score (nSPS) is 10.2. The average molecular weight is 264 g/mol. The largest absolute Gasteiger partial charge is 0.240 e. The van der Waals surface area contributed by atoms with Crippen molar-refractivity contribution in [2.24, 2.45) is 0 Å². The zero-order valence-corrected chi connectivity index (χ0v) is 10.4. The van der Waals surface area contributed by atoms with Crippen LogP contribution in [0.2, 0.25) is 0 Å². The van der Waals surface area contributed by atoms with Crippen molar-refractivity contribution in [3.63, 3.8) is 0 Å². The van der Waals surface area contributed by atoms with Gasteiger partial charge in [-0.15, -0.1) is 0 Å². The Morgan fingerprint density at radius 3 is 2.85 bits per heavy atom. The number of benzene rings is 1. The van der Waals surface area contributed by atoms with Gasteiger partial charge in [-0.2, -0.15) is 14.8 Å². The second-order valence-electron chi connectivity index (χ2n) is 4.17. The molecule has 2 aromatic heterocycles. The van der Waals surface area contributed by atoms with Crippen LogP contribution in [0.4, 0.5) is 4.39 Å². The molecule has 0 spiro atoms. The number of halogens is 1. The van der Waals surface area contributed by atoms with E-state index in [1.54, 1.807) is 29.2 Å². The summed E-state index contributed by atoms with van der Waals surface area (Å²) in [5.41, 5.74) is 2.77. The Morgan fingerprint density at radius 2 is 2.05 bits per heavy atom. The lowest BCUT2D eigenvalue weighted by molar-refractivity contribution is 0.581. The molecule has 0 aliphatic rings. The van der Waals surface area contributed by atoms with Gasteiger partial charge in [0.2, 0.25) is 5.95 Å². The minimum Gasteiger partial charge on any atom is -0.240 e. The maximum atomic E-state index is 13.1. The van der Waals surface area contributed by atoms with Gasteiger partial charge < -0.3 is 0 Å². The number of nitriles is 1. The van der Waals surface area contributed by atoms with Crippen LogP contribution in [-0.2, 0) is 0 Å². The van der Waals surface area contributed by atoms with Crippen LogP contribution in [0.1, 0.15) is 5.56 Å². The van der Waals surface area contributed by atoms with Gasteiger partial charge in [-0.1, -0.05) is 18.2 Å². The molecule has 5 heteroatoms. The predicted molar refractivity (Wildman–Crippen MR) is 71.5 cm³/mol. The standard InChI is InChI=1S/C15H9FN4/c16-15-7-13(5-6-18-15)20-10-12(9-19-20)14-4-2-1-3-11(14)8-17/h1-7,9-10H. The molecular formula is C15H9FN4. The summed E-state index contributed by atoms with van der Waals surface area (Å²) in [4.78, 5) is 3.51. The number of aromatic nitrogens is 3. The highest BCUT2D eigenvalue weighted by molar-refractivity contribution is 5.69. The van der Waals surface area contributed by atoms with Crippen molar-refractivity contribution in [1.29, 1.82) is 5.26 Å². The third-order valence-electron chi connectivity index (χ3n) is 2.92. The van der Waals surface area contributed by atoms with Crippen LogP contribution in [0.3, 0.4) is 0 Å². The summed E-state index contributed by atoms with van der Waals surface area (Å²) < 4.78 is 14.7. The molecule has 20 heavy (non-hydrogen) atoms. The van der Waals surface area contributed by atoms with Crippen LogP contribution in [-0.4, -0.2) is 14.8 Å². The number of nitrogens with zero attached hydrogens (tertiary/aromatic N) is 4. The van der Waals surface area contributed by atoms with Gasteiger partial charge in [-0.05, 0) is 12.1 Å². The Balaban J connectivity index is 2.05. The van der Waals surface area contributed by atoms with Crippen LogP contribution in [0, 0.1) is 17.3 Å². The van der Waals surface area contributed by atoms with Gasteiger partial charge >= 0.3 is 0 Å². The van der Waals surface area contributed by atoms with Crippen molar-refractivity contribution in [2.45, 2.75) is 0 Å². The van der Waals surface area contributed by atoms with Gasteiger partial charge in [-0.3, -0.25) is 0 Å². The van der Waals surface area contributed by atoms with Crippen LogP contribution >= 0.6 is 0 Å². The molecular weight excluding hydrogens is 255 g/mol. The summed E-state index contributed by atoms with van der Waals surface area (Å²) in [6.07, 6.45) is 4.79. The average Bonchev–Trinajstić information content (AvgIpc) is 2.97. The van der Waals surface area contributed by atoms with Crippen molar-refractivity contribution >= 4 is 0 Å². The van der Waals surface area contributed by atoms with E-state index in [0.717, 1.165) is 11.1 Å². The quantitative estimate of drug-likeness (QED) is 0.669. The maximum Gasteiger partial charge on any atom is 0.214 e. The van der Waals surface area contributed by atoms with Crippen LogP contribution < -0.4 is 0 Å². The molecule has 0 bridgehead atoms. The molecule has 0 radical (unpaired) electrons. The van der Waals surface area contributed by atoms with Crippen LogP contribution in [0.25, 0.3) is 16.8 Å². The van der Waals surface area contributed by atoms with E-state index >= 15 is 0 Å².